The largest absolute Gasteiger partial charge is 0.493 e. The highest BCUT2D eigenvalue weighted by Crippen LogP contribution is 2.22. The first-order chi connectivity index (χ1) is 13.9. The standard InChI is InChI=1S/C19H19ClN4O5/c1-10-8-12(20)5-6-13(10)28-7-3-4-14(25)23-24-18(27)15-11(2)29-19-16(15)17(26)21-9-22-19/h5-6,8-9H,3-4,7H2,1-2H3,(H,23,25)(H,24,27)(H,21,22,26). The van der Waals surface area contributed by atoms with Gasteiger partial charge in [-0.05, 0) is 44.0 Å². The zero-order valence-corrected chi connectivity index (χ0v) is 16.6. The fraction of sp³-hybridized carbons (Fsp3) is 0.263. The predicted molar refractivity (Wildman–Crippen MR) is 106 cm³/mol. The molecule has 3 rings (SSSR count). The molecule has 0 aliphatic heterocycles. The van der Waals surface area contributed by atoms with E-state index in [2.05, 4.69) is 20.8 Å². The molecule has 0 saturated carbocycles. The van der Waals surface area contributed by atoms with Crippen molar-refractivity contribution < 1.29 is 18.7 Å². The molecule has 0 aliphatic carbocycles. The number of aromatic amines is 1. The van der Waals surface area contributed by atoms with E-state index in [1.807, 2.05) is 6.92 Å². The van der Waals surface area contributed by atoms with E-state index >= 15 is 0 Å². The van der Waals surface area contributed by atoms with E-state index in [1.54, 1.807) is 18.2 Å². The van der Waals surface area contributed by atoms with Gasteiger partial charge in [0.15, 0.2) is 0 Å². The zero-order valence-electron chi connectivity index (χ0n) is 15.8. The third-order valence-corrected chi connectivity index (χ3v) is 4.39. The molecule has 29 heavy (non-hydrogen) atoms. The number of furan rings is 1. The molecule has 9 nitrogen and oxygen atoms in total. The molecule has 0 spiro atoms. The van der Waals surface area contributed by atoms with E-state index in [-0.39, 0.29) is 28.8 Å². The van der Waals surface area contributed by atoms with Gasteiger partial charge in [0.25, 0.3) is 11.5 Å². The van der Waals surface area contributed by atoms with Crippen molar-refractivity contribution >= 4 is 34.5 Å². The van der Waals surface area contributed by atoms with Crippen LogP contribution in [0.5, 0.6) is 5.75 Å². The summed E-state index contributed by atoms with van der Waals surface area (Å²) in [6.07, 6.45) is 1.77. The fourth-order valence-corrected chi connectivity index (χ4v) is 2.99. The van der Waals surface area contributed by atoms with Gasteiger partial charge in [-0.15, -0.1) is 0 Å². The molecule has 0 saturated heterocycles. The molecule has 3 aromatic rings. The van der Waals surface area contributed by atoms with Crippen LogP contribution < -0.4 is 21.1 Å². The minimum atomic E-state index is -0.666. The Balaban J connectivity index is 1.49. The summed E-state index contributed by atoms with van der Waals surface area (Å²) in [5.41, 5.74) is 5.08. The van der Waals surface area contributed by atoms with Gasteiger partial charge in [-0.25, -0.2) is 4.98 Å². The van der Waals surface area contributed by atoms with E-state index < -0.39 is 17.4 Å². The molecule has 0 bridgehead atoms. The van der Waals surface area contributed by atoms with Crippen LogP contribution in [-0.2, 0) is 4.79 Å². The van der Waals surface area contributed by atoms with Crippen LogP contribution in [0.3, 0.4) is 0 Å². The molecule has 2 heterocycles. The molecule has 0 fully saturated rings. The smallest absolute Gasteiger partial charge is 0.274 e. The van der Waals surface area contributed by atoms with Crippen molar-refractivity contribution in [3.63, 3.8) is 0 Å². The quantitative estimate of drug-likeness (QED) is 0.417. The van der Waals surface area contributed by atoms with Crippen LogP contribution >= 0.6 is 11.6 Å². The van der Waals surface area contributed by atoms with Gasteiger partial charge in [-0.1, -0.05) is 11.6 Å². The maximum atomic E-state index is 12.4. The maximum Gasteiger partial charge on any atom is 0.274 e. The second-order valence-electron chi connectivity index (χ2n) is 6.31. The van der Waals surface area contributed by atoms with Gasteiger partial charge in [0.05, 0.1) is 18.5 Å². The molecule has 3 N–H and O–H groups in total. The van der Waals surface area contributed by atoms with Gasteiger partial charge in [0.1, 0.15) is 16.9 Å². The minimum absolute atomic E-state index is 0.0243. The zero-order chi connectivity index (χ0) is 21.0. The highest BCUT2D eigenvalue weighted by molar-refractivity contribution is 6.30. The molecular weight excluding hydrogens is 400 g/mol. The van der Waals surface area contributed by atoms with Crippen LogP contribution in [0.4, 0.5) is 0 Å². The normalized spacial score (nSPS) is 10.7. The van der Waals surface area contributed by atoms with Crippen molar-refractivity contribution in [2.75, 3.05) is 6.61 Å². The van der Waals surface area contributed by atoms with Crippen molar-refractivity contribution in [2.24, 2.45) is 0 Å². The third kappa shape index (κ3) is 4.75. The number of halogens is 1. The molecule has 2 amide bonds. The molecule has 1 aromatic carbocycles. The molecule has 152 valence electrons. The number of rotatable bonds is 6. The van der Waals surface area contributed by atoms with Gasteiger partial charge in [0, 0.05) is 11.4 Å². The monoisotopic (exact) mass is 418 g/mol. The summed E-state index contributed by atoms with van der Waals surface area (Å²) < 4.78 is 10.9. The number of carbonyl (C=O) groups excluding carboxylic acids is 2. The van der Waals surface area contributed by atoms with Crippen LogP contribution in [0.2, 0.25) is 5.02 Å². The number of nitrogens with zero attached hydrogens (tertiary/aromatic N) is 1. The maximum absolute atomic E-state index is 12.4. The lowest BCUT2D eigenvalue weighted by atomic mass is 10.2. The number of hydrazine groups is 1. The Morgan fingerprint density at radius 3 is 2.83 bits per heavy atom. The summed E-state index contributed by atoms with van der Waals surface area (Å²) in [6.45, 7) is 3.75. The van der Waals surface area contributed by atoms with E-state index in [0.29, 0.717) is 23.8 Å². The lowest BCUT2D eigenvalue weighted by Crippen LogP contribution is -2.42. The van der Waals surface area contributed by atoms with Gasteiger partial charge in [-0.3, -0.25) is 25.2 Å². The molecule has 0 aliphatic rings. The lowest BCUT2D eigenvalue weighted by Gasteiger charge is -2.10. The SMILES string of the molecule is Cc1cc(Cl)ccc1OCCCC(=O)NNC(=O)c1c(C)oc2nc[nH]c(=O)c12. The number of aryl methyl sites for hydroxylation is 2. The Kier molecular flexibility index (Phi) is 6.18. The molecule has 0 atom stereocenters. The number of nitrogens with one attached hydrogen (secondary N) is 3. The summed E-state index contributed by atoms with van der Waals surface area (Å²) in [4.78, 5) is 42.5. The first kappa shape index (κ1) is 20.4. The lowest BCUT2D eigenvalue weighted by molar-refractivity contribution is -0.122. The fourth-order valence-electron chi connectivity index (χ4n) is 2.77. The molecular formula is C19H19ClN4O5. The summed E-state index contributed by atoms with van der Waals surface area (Å²) in [5, 5.41) is 0.659. The van der Waals surface area contributed by atoms with Crippen molar-refractivity contribution in [1.82, 2.24) is 20.8 Å². The average Bonchev–Trinajstić information content (AvgIpc) is 3.02. The van der Waals surface area contributed by atoms with Crippen molar-refractivity contribution in [1.29, 1.82) is 0 Å². The van der Waals surface area contributed by atoms with E-state index in [1.165, 1.54) is 13.3 Å². The number of benzene rings is 1. The first-order valence-electron chi connectivity index (χ1n) is 8.81. The summed E-state index contributed by atoms with van der Waals surface area (Å²) in [6, 6.07) is 5.29. The van der Waals surface area contributed by atoms with Gasteiger partial charge in [-0.2, -0.15) is 0 Å². The van der Waals surface area contributed by atoms with Gasteiger partial charge in [0.2, 0.25) is 11.6 Å². The molecule has 2 aromatic heterocycles. The Bertz CT molecular complexity index is 1120. The van der Waals surface area contributed by atoms with Gasteiger partial charge < -0.3 is 14.1 Å². The minimum Gasteiger partial charge on any atom is -0.493 e. The summed E-state index contributed by atoms with van der Waals surface area (Å²) in [7, 11) is 0. The van der Waals surface area contributed by atoms with Crippen LogP contribution in [0.25, 0.3) is 11.1 Å². The number of H-pyrrole nitrogens is 1. The number of ether oxygens (including phenoxy) is 1. The number of fused-ring (bicyclic) bond motifs is 1. The Morgan fingerprint density at radius 1 is 1.28 bits per heavy atom. The molecule has 0 unspecified atom stereocenters. The van der Waals surface area contributed by atoms with Gasteiger partial charge >= 0.3 is 0 Å². The highest BCUT2D eigenvalue weighted by Gasteiger charge is 2.21. The number of hydrogen-bond acceptors (Lipinski definition) is 6. The van der Waals surface area contributed by atoms with E-state index in [0.717, 1.165) is 5.56 Å². The Hall–Kier alpha value is -3.33. The third-order valence-electron chi connectivity index (χ3n) is 4.16. The summed E-state index contributed by atoms with van der Waals surface area (Å²) in [5.74, 6) is -0.139. The average molecular weight is 419 g/mol. The Labute approximate surface area is 170 Å². The van der Waals surface area contributed by atoms with Crippen LogP contribution in [0, 0.1) is 13.8 Å². The number of aromatic nitrogens is 2. The van der Waals surface area contributed by atoms with Crippen LogP contribution in [0.15, 0.2) is 33.7 Å². The van der Waals surface area contributed by atoms with Crippen LogP contribution in [0.1, 0.15) is 34.5 Å². The van der Waals surface area contributed by atoms with Crippen molar-refractivity contribution in [3.05, 3.63) is 56.8 Å². The van der Waals surface area contributed by atoms with E-state index in [9.17, 15) is 14.4 Å². The Morgan fingerprint density at radius 2 is 2.07 bits per heavy atom. The molecule has 0 radical (unpaired) electrons. The van der Waals surface area contributed by atoms with Crippen molar-refractivity contribution in [3.8, 4) is 5.75 Å². The number of amides is 2. The highest BCUT2D eigenvalue weighted by atomic mass is 35.5. The number of carbonyl (C=O) groups is 2. The second kappa shape index (κ2) is 8.78. The van der Waals surface area contributed by atoms with Crippen LogP contribution in [-0.4, -0.2) is 28.4 Å². The van der Waals surface area contributed by atoms with Crippen molar-refractivity contribution in [2.45, 2.75) is 26.7 Å². The van der Waals surface area contributed by atoms with E-state index in [4.69, 9.17) is 20.8 Å². The predicted octanol–water partition coefficient (Wildman–Crippen LogP) is 2.41. The second-order valence-corrected chi connectivity index (χ2v) is 6.75. The number of hydrogen-bond donors (Lipinski definition) is 3. The molecule has 10 heteroatoms. The topological polar surface area (TPSA) is 126 Å². The summed E-state index contributed by atoms with van der Waals surface area (Å²) >= 11 is 5.90. The first-order valence-corrected chi connectivity index (χ1v) is 9.19.